The summed E-state index contributed by atoms with van der Waals surface area (Å²) in [5.41, 5.74) is 0.557. The lowest BCUT2D eigenvalue weighted by Gasteiger charge is -2.23. The number of rotatable bonds is 4. The first-order chi connectivity index (χ1) is 17.7. The number of hydrogen-bond acceptors (Lipinski definition) is 4. The number of aromatic hydroxyl groups is 1. The predicted octanol–water partition coefficient (Wildman–Crippen LogP) is 5.55. The molecule has 188 valence electrons. The Labute approximate surface area is 209 Å². The van der Waals surface area contributed by atoms with E-state index in [4.69, 9.17) is 4.74 Å². The normalized spacial score (nSPS) is 14.6. The highest BCUT2D eigenvalue weighted by molar-refractivity contribution is 6.04. The number of amides is 1. The fourth-order valence-electron chi connectivity index (χ4n) is 4.54. The van der Waals surface area contributed by atoms with E-state index in [2.05, 4.69) is 5.32 Å². The summed E-state index contributed by atoms with van der Waals surface area (Å²) < 4.78 is 46.8. The number of hydrogen-bond donors (Lipinski definition) is 2. The average molecular weight is 506 g/mol. The second-order valence-electron chi connectivity index (χ2n) is 8.64. The van der Waals surface area contributed by atoms with E-state index in [-0.39, 0.29) is 23.8 Å². The van der Waals surface area contributed by atoms with Gasteiger partial charge in [0.05, 0.1) is 5.56 Å². The Morgan fingerprint density at radius 1 is 1.00 bits per heavy atom. The first-order valence-electron chi connectivity index (χ1n) is 11.4. The number of nitrogens with zero attached hydrogens (tertiary/aromatic N) is 1. The number of fused-ring (bicyclic) bond motifs is 2. The van der Waals surface area contributed by atoms with Crippen LogP contribution in [0.5, 0.6) is 11.5 Å². The van der Waals surface area contributed by atoms with Crippen molar-refractivity contribution in [1.29, 1.82) is 0 Å². The monoisotopic (exact) mass is 506 g/mol. The van der Waals surface area contributed by atoms with Crippen LogP contribution in [-0.4, -0.2) is 15.6 Å². The molecule has 0 radical (unpaired) electrons. The molecule has 0 spiro atoms. The quantitative estimate of drug-likeness (QED) is 0.380. The Morgan fingerprint density at radius 3 is 2.51 bits per heavy atom. The van der Waals surface area contributed by atoms with Gasteiger partial charge in [0.2, 0.25) is 5.43 Å². The Kier molecular flexibility index (Phi) is 6.20. The van der Waals surface area contributed by atoms with Crippen LogP contribution in [0.2, 0.25) is 0 Å². The summed E-state index contributed by atoms with van der Waals surface area (Å²) >= 11 is 0. The van der Waals surface area contributed by atoms with E-state index in [0.717, 1.165) is 41.0 Å². The molecule has 1 unspecified atom stereocenters. The van der Waals surface area contributed by atoms with E-state index >= 15 is 0 Å². The molecule has 5 rings (SSSR count). The fourth-order valence-corrected chi connectivity index (χ4v) is 4.54. The molecular weight excluding hydrogens is 485 g/mol. The van der Waals surface area contributed by atoms with Crippen molar-refractivity contribution in [3.05, 3.63) is 123 Å². The number of alkyl halides is 3. The molecule has 4 aromatic rings. The van der Waals surface area contributed by atoms with Crippen LogP contribution in [0.15, 0.2) is 89.9 Å². The third-order valence-corrected chi connectivity index (χ3v) is 6.30. The first kappa shape index (κ1) is 24.2. The van der Waals surface area contributed by atoms with Crippen LogP contribution >= 0.6 is 0 Å². The largest absolute Gasteiger partial charge is 0.503 e. The van der Waals surface area contributed by atoms with Gasteiger partial charge in [-0.05, 0) is 35.4 Å². The van der Waals surface area contributed by atoms with E-state index < -0.39 is 28.8 Å². The van der Waals surface area contributed by atoms with Crippen molar-refractivity contribution in [2.24, 2.45) is 0 Å². The minimum Gasteiger partial charge on any atom is -0.503 e. The fraction of sp³-hybridized carbons (Fsp3) is 0.143. The molecule has 2 heterocycles. The van der Waals surface area contributed by atoms with Crippen molar-refractivity contribution in [1.82, 2.24) is 4.57 Å². The minimum absolute atomic E-state index is 0.124. The maximum atomic E-state index is 13.2. The lowest BCUT2D eigenvalue weighted by atomic mass is 9.88. The lowest BCUT2D eigenvalue weighted by Crippen LogP contribution is -2.24. The van der Waals surface area contributed by atoms with Gasteiger partial charge < -0.3 is 19.7 Å². The van der Waals surface area contributed by atoms with Crippen LogP contribution in [0.4, 0.5) is 18.9 Å². The molecule has 0 fully saturated rings. The maximum absolute atomic E-state index is 13.2. The molecule has 3 aromatic carbocycles. The summed E-state index contributed by atoms with van der Waals surface area (Å²) in [6.07, 6.45) is -3.21. The average Bonchev–Trinajstić information content (AvgIpc) is 3.03. The highest BCUT2D eigenvalue weighted by Gasteiger charge is 2.31. The molecule has 1 aliphatic heterocycles. The lowest BCUT2D eigenvalue weighted by molar-refractivity contribution is -0.137. The van der Waals surface area contributed by atoms with Crippen LogP contribution in [0, 0.1) is 0 Å². The zero-order chi connectivity index (χ0) is 26.2. The van der Waals surface area contributed by atoms with E-state index in [0.29, 0.717) is 12.4 Å². The van der Waals surface area contributed by atoms with Crippen LogP contribution < -0.4 is 15.5 Å². The van der Waals surface area contributed by atoms with Crippen LogP contribution in [0.3, 0.4) is 0 Å². The van der Waals surface area contributed by atoms with E-state index in [9.17, 15) is 27.9 Å². The molecule has 1 aliphatic rings. The van der Waals surface area contributed by atoms with Gasteiger partial charge in [0.1, 0.15) is 12.4 Å². The zero-order valence-corrected chi connectivity index (χ0v) is 19.3. The molecule has 0 saturated heterocycles. The maximum Gasteiger partial charge on any atom is 0.416 e. The number of halogens is 3. The number of anilines is 1. The van der Waals surface area contributed by atoms with Crippen LogP contribution in [-0.2, 0) is 19.3 Å². The summed E-state index contributed by atoms with van der Waals surface area (Å²) in [7, 11) is 0. The molecule has 2 N–H and O–H groups in total. The minimum atomic E-state index is -4.60. The highest BCUT2D eigenvalue weighted by atomic mass is 19.4. The van der Waals surface area contributed by atoms with Crippen molar-refractivity contribution in [2.75, 3.05) is 5.32 Å². The standard InChI is InChI=1S/C28H21F3N2O4/c29-28(30,31)18-7-5-8-19(14-18)32-27(36)25-26(35)23(34)12-13-33(25)15-22-20-9-2-1-6-17(20)16-37-24-11-4-3-10-21(22)24/h1-14,22,35H,15-16H2,(H,32,36). The molecule has 1 aromatic heterocycles. The van der Waals surface area contributed by atoms with Crippen molar-refractivity contribution < 1.29 is 27.8 Å². The molecule has 1 amide bonds. The second-order valence-corrected chi connectivity index (χ2v) is 8.64. The number of pyridine rings is 1. The van der Waals surface area contributed by atoms with Crippen LogP contribution in [0.25, 0.3) is 0 Å². The van der Waals surface area contributed by atoms with Gasteiger partial charge in [-0.15, -0.1) is 0 Å². The summed E-state index contributed by atoms with van der Waals surface area (Å²) in [6, 6.07) is 20.4. The number of carbonyl (C=O) groups excluding carboxylic acids is 1. The number of benzene rings is 3. The van der Waals surface area contributed by atoms with Gasteiger partial charge >= 0.3 is 6.18 Å². The van der Waals surface area contributed by atoms with Gasteiger partial charge in [-0.3, -0.25) is 9.59 Å². The first-order valence-corrected chi connectivity index (χ1v) is 11.4. The van der Waals surface area contributed by atoms with Crippen molar-refractivity contribution in [3.8, 4) is 11.5 Å². The number of aromatic nitrogens is 1. The molecule has 37 heavy (non-hydrogen) atoms. The third-order valence-electron chi connectivity index (χ3n) is 6.30. The smallest absolute Gasteiger partial charge is 0.416 e. The Balaban J connectivity index is 1.56. The molecule has 0 aliphatic carbocycles. The molecule has 0 saturated carbocycles. The van der Waals surface area contributed by atoms with E-state index in [1.54, 1.807) is 0 Å². The highest BCUT2D eigenvalue weighted by Crippen LogP contribution is 2.39. The second kappa shape index (κ2) is 9.50. The summed E-state index contributed by atoms with van der Waals surface area (Å²) in [5.74, 6) is -1.35. The summed E-state index contributed by atoms with van der Waals surface area (Å²) in [5, 5.41) is 13.0. The third kappa shape index (κ3) is 4.80. The molecule has 1 atom stereocenters. The summed E-state index contributed by atoms with van der Waals surface area (Å²) in [6.45, 7) is 0.499. The Hall–Kier alpha value is -4.53. The van der Waals surface area contributed by atoms with E-state index in [1.807, 2.05) is 48.5 Å². The van der Waals surface area contributed by atoms with Gasteiger partial charge in [-0.25, -0.2) is 0 Å². The number of carbonyl (C=O) groups is 1. The van der Waals surface area contributed by atoms with Gasteiger partial charge in [0.25, 0.3) is 5.91 Å². The SMILES string of the molecule is O=C(Nc1cccc(C(F)(F)F)c1)c1c(O)c(=O)ccn1CC1c2ccccc2COc2ccccc21. The zero-order valence-electron chi connectivity index (χ0n) is 19.3. The number of para-hydroxylation sites is 1. The van der Waals surface area contributed by atoms with Gasteiger partial charge in [0, 0.05) is 36.0 Å². The van der Waals surface area contributed by atoms with E-state index in [1.165, 1.54) is 16.8 Å². The Bertz CT molecular complexity index is 1500. The van der Waals surface area contributed by atoms with Crippen molar-refractivity contribution in [2.45, 2.75) is 25.2 Å². The predicted molar refractivity (Wildman–Crippen MR) is 131 cm³/mol. The molecule has 6 nitrogen and oxygen atoms in total. The topological polar surface area (TPSA) is 80.6 Å². The molecule has 0 bridgehead atoms. The van der Waals surface area contributed by atoms with Crippen LogP contribution in [0.1, 0.15) is 38.7 Å². The molecular formula is C28H21F3N2O4. The molecule has 9 heteroatoms. The van der Waals surface area contributed by atoms with Gasteiger partial charge in [0.15, 0.2) is 11.4 Å². The Morgan fingerprint density at radius 2 is 1.73 bits per heavy atom. The number of ether oxygens (including phenoxy) is 1. The van der Waals surface area contributed by atoms with Crippen molar-refractivity contribution in [3.63, 3.8) is 0 Å². The van der Waals surface area contributed by atoms with Gasteiger partial charge in [-0.1, -0.05) is 48.5 Å². The number of nitrogens with one attached hydrogen (secondary N) is 1. The summed E-state index contributed by atoms with van der Waals surface area (Å²) in [4.78, 5) is 25.5. The van der Waals surface area contributed by atoms with Gasteiger partial charge in [-0.2, -0.15) is 13.2 Å². The van der Waals surface area contributed by atoms with Crippen molar-refractivity contribution >= 4 is 11.6 Å².